The van der Waals surface area contributed by atoms with E-state index < -0.39 is 0 Å². The Bertz CT molecular complexity index is 545. The summed E-state index contributed by atoms with van der Waals surface area (Å²) in [7, 11) is 0. The molecule has 0 aliphatic carbocycles. The molecule has 0 bridgehead atoms. The van der Waals surface area contributed by atoms with Crippen LogP contribution in [0, 0.1) is 5.82 Å². The molecule has 7 heteroatoms. The van der Waals surface area contributed by atoms with Gasteiger partial charge in [0.2, 0.25) is 5.96 Å². The molecule has 1 saturated heterocycles. The number of nitrogens with two attached hydrogens (primary N) is 2. The maximum atomic E-state index is 14.1. The molecule has 1 aromatic carbocycles. The summed E-state index contributed by atoms with van der Waals surface area (Å²) in [5.41, 5.74) is 11.7. The van der Waals surface area contributed by atoms with Crippen LogP contribution in [0.15, 0.2) is 28.4 Å². The largest absolute Gasteiger partial charge is 0.369 e. The quantitative estimate of drug-likeness (QED) is 0.473. The third-order valence-corrected chi connectivity index (χ3v) is 3.76. The predicted octanol–water partition coefficient (Wildman–Crippen LogP) is 0.571. The van der Waals surface area contributed by atoms with Crippen molar-refractivity contribution in [3.8, 4) is 0 Å². The summed E-state index contributed by atoms with van der Waals surface area (Å²) in [6, 6.07) is 5.05. The summed E-state index contributed by atoms with van der Waals surface area (Å²) in [6.07, 6.45) is 1.42. The van der Waals surface area contributed by atoms with Crippen molar-refractivity contribution in [1.29, 1.82) is 0 Å². The van der Waals surface area contributed by atoms with Gasteiger partial charge in [0.15, 0.2) is 0 Å². The minimum Gasteiger partial charge on any atom is -0.369 e. The summed E-state index contributed by atoms with van der Waals surface area (Å²) in [6.45, 7) is 7.91. The Morgan fingerprint density at radius 1 is 1.23 bits per heavy atom. The zero-order valence-corrected chi connectivity index (χ0v) is 12.9. The summed E-state index contributed by atoms with van der Waals surface area (Å²) in [4.78, 5) is 4.67. The second-order valence-electron chi connectivity index (χ2n) is 5.33. The van der Waals surface area contributed by atoms with Crippen molar-refractivity contribution in [1.82, 2.24) is 9.80 Å². The predicted molar refractivity (Wildman–Crippen MR) is 87.2 cm³/mol. The van der Waals surface area contributed by atoms with E-state index in [4.69, 9.17) is 11.5 Å². The Morgan fingerprint density at radius 2 is 1.91 bits per heavy atom. The van der Waals surface area contributed by atoms with Crippen LogP contribution in [-0.2, 0) is 6.54 Å². The molecule has 6 nitrogen and oxygen atoms in total. The highest BCUT2D eigenvalue weighted by Crippen LogP contribution is 2.13. The smallest absolute Gasteiger partial charge is 0.211 e. The molecule has 1 aliphatic heterocycles. The van der Waals surface area contributed by atoms with Crippen LogP contribution in [0.5, 0.6) is 0 Å². The van der Waals surface area contributed by atoms with Crippen LogP contribution >= 0.6 is 0 Å². The van der Waals surface area contributed by atoms with Crippen LogP contribution in [0.1, 0.15) is 18.1 Å². The van der Waals surface area contributed by atoms with Crippen molar-refractivity contribution in [2.75, 3.05) is 32.7 Å². The lowest BCUT2D eigenvalue weighted by Gasteiger charge is -2.34. The summed E-state index contributed by atoms with van der Waals surface area (Å²) >= 11 is 0. The number of guanidine groups is 1. The van der Waals surface area contributed by atoms with E-state index >= 15 is 0 Å². The van der Waals surface area contributed by atoms with Gasteiger partial charge in [0.05, 0.1) is 6.21 Å². The Hall–Kier alpha value is -1.99. The van der Waals surface area contributed by atoms with Gasteiger partial charge in [-0.05, 0) is 18.2 Å². The third-order valence-electron chi connectivity index (χ3n) is 3.76. The third kappa shape index (κ3) is 4.78. The molecule has 1 aliphatic rings. The highest BCUT2D eigenvalue weighted by atomic mass is 19.1. The fraction of sp³-hybridized carbons (Fsp3) is 0.467. The SMILES string of the molecule is CCN1CCN(Cc2ccc(C=NN=C(N)N)cc2F)CC1. The van der Waals surface area contributed by atoms with Gasteiger partial charge < -0.3 is 16.4 Å². The van der Waals surface area contributed by atoms with E-state index in [2.05, 4.69) is 26.9 Å². The Labute approximate surface area is 130 Å². The second-order valence-corrected chi connectivity index (χ2v) is 5.33. The zero-order chi connectivity index (χ0) is 15.9. The number of hydrogen-bond acceptors (Lipinski definition) is 4. The van der Waals surface area contributed by atoms with E-state index in [0.717, 1.165) is 32.7 Å². The van der Waals surface area contributed by atoms with Crippen molar-refractivity contribution < 1.29 is 4.39 Å². The molecule has 1 heterocycles. The molecule has 2 rings (SSSR count). The molecule has 0 spiro atoms. The first-order valence-corrected chi connectivity index (χ1v) is 7.43. The minimum absolute atomic E-state index is 0.125. The van der Waals surface area contributed by atoms with Crippen molar-refractivity contribution >= 4 is 12.2 Å². The van der Waals surface area contributed by atoms with Gasteiger partial charge in [0.1, 0.15) is 5.82 Å². The first-order valence-electron chi connectivity index (χ1n) is 7.43. The molecule has 1 fully saturated rings. The van der Waals surface area contributed by atoms with Crippen LogP contribution in [0.25, 0.3) is 0 Å². The molecule has 120 valence electrons. The topological polar surface area (TPSA) is 83.2 Å². The van der Waals surface area contributed by atoms with Gasteiger partial charge in [0.25, 0.3) is 0 Å². The molecule has 4 N–H and O–H groups in total. The van der Waals surface area contributed by atoms with Crippen molar-refractivity contribution in [2.45, 2.75) is 13.5 Å². The fourth-order valence-corrected chi connectivity index (χ4v) is 2.44. The molecule has 1 aromatic rings. The number of rotatable bonds is 5. The normalized spacial score (nSPS) is 17.0. The molecule has 0 atom stereocenters. The molecule has 0 amide bonds. The second kappa shape index (κ2) is 7.86. The standard InChI is InChI=1S/C15H23FN6/c1-2-21-5-7-22(8-6-21)11-13-4-3-12(9-14(13)16)10-19-20-15(17)18/h3-4,9-10H,2,5-8,11H2,1H3,(H4,17,18,20). The summed E-state index contributed by atoms with van der Waals surface area (Å²) in [5.74, 6) is -0.355. The number of nitrogens with zero attached hydrogens (tertiary/aromatic N) is 4. The average molecular weight is 306 g/mol. The summed E-state index contributed by atoms with van der Waals surface area (Å²) < 4.78 is 14.1. The molecule has 0 unspecified atom stereocenters. The van der Waals surface area contributed by atoms with Crippen LogP contribution in [0.3, 0.4) is 0 Å². The van der Waals surface area contributed by atoms with E-state index in [1.54, 1.807) is 6.07 Å². The van der Waals surface area contributed by atoms with Gasteiger partial charge in [-0.15, -0.1) is 5.10 Å². The first kappa shape index (κ1) is 16.4. The Kier molecular flexibility index (Phi) is 5.85. The zero-order valence-electron chi connectivity index (χ0n) is 12.9. The van der Waals surface area contributed by atoms with E-state index in [1.807, 2.05) is 6.07 Å². The maximum absolute atomic E-state index is 14.1. The highest BCUT2D eigenvalue weighted by Gasteiger charge is 2.16. The lowest BCUT2D eigenvalue weighted by atomic mass is 10.1. The van der Waals surface area contributed by atoms with Crippen molar-refractivity contribution in [3.05, 3.63) is 35.1 Å². The monoisotopic (exact) mass is 306 g/mol. The highest BCUT2D eigenvalue weighted by molar-refractivity contribution is 5.81. The van der Waals surface area contributed by atoms with Crippen LogP contribution in [0.2, 0.25) is 0 Å². The van der Waals surface area contributed by atoms with Crippen LogP contribution < -0.4 is 11.5 Å². The van der Waals surface area contributed by atoms with E-state index in [0.29, 0.717) is 17.7 Å². The number of halogens is 1. The van der Waals surface area contributed by atoms with E-state index in [1.165, 1.54) is 12.3 Å². The van der Waals surface area contributed by atoms with Gasteiger partial charge in [-0.1, -0.05) is 19.1 Å². The molecule has 0 saturated carbocycles. The number of piperazine rings is 1. The van der Waals surface area contributed by atoms with Gasteiger partial charge in [0, 0.05) is 38.3 Å². The minimum atomic E-state index is -0.230. The number of likely N-dealkylation sites (N-methyl/N-ethyl adjacent to an activating group) is 1. The van der Waals surface area contributed by atoms with Gasteiger partial charge >= 0.3 is 0 Å². The maximum Gasteiger partial charge on any atom is 0.211 e. The van der Waals surface area contributed by atoms with Crippen molar-refractivity contribution in [3.63, 3.8) is 0 Å². The Balaban J connectivity index is 1.95. The van der Waals surface area contributed by atoms with E-state index in [9.17, 15) is 4.39 Å². The van der Waals surface area contributed by atoms with Crippen molar-refractivity contribution in [2.24, 2.45) is 21.7 Å². The lowest BCUT2D eigenvalue weighted by molar-refractivity contribution is 0.131. The average Bonchev–Trinajstić information content (AvgIpc) is 2.50. The number of benzene rings is 1. The molecule has 0 radical (unpaired) electrons. The van der Waals surface area contributed by atoms with E-state index in [-0.39, 0.29) is 11.8 Å². The number of hydrogen-bond donors (Lipinski definition) is 2. The van der Waals surface area contributed by atoms with Crippen LogP contribution in [0.4, 0.5) is 4.39 Å². The molecular weight excluding hydrogens is 283 g/mol. The van der Waals surface area contributed by atoms with Crippen LogP contribution in [-0.4, -0.2) is 54.7 Å². The molecule has 0 aromatic heterocycles. The Morgan fingerprint density at radius 3 is 2.50 bits per heavy atom. The first-order chi connectivity index (χ1) is 10.6. The summed E-state index contributed by atoms with van der Waals surface area (Å²) in [5, 5.41) is 7.16. The molecular formula is C15H23FN6. The molecule has 22 heavy (non-hydrogen) atoms. The lowest BCUT2D eigenvalue weighted by Crippen LogP contribution is -2.45. The van der Waals surface area contributed by atoms with Gasteiger partial charge in [-0.25, -0.2) is 4.39 Å². The van der Waals surface area contributed by atoms with Gasteiger partial charge in [-0.2, -0.15) is 5.10 Å². The fourth-order valence-electron chi connectivity index (χ4n) is 2.44. The van der Waals surface area contributed by atoms with Gasteiger partial charge in [-0.3, -0.25) is 4.90 Å².